The normalized spacial score (nSPS) is 9.88. The molecule has 0 fully saturated rings. The van der Waals surface area contributed by atoms with Gasteiger partial charge in [0.2, 0.25) is 0 Å². The Labute approximate surface area is 110 Å². The van der Waals surface area contributed by atoms with Crippen molar-refractivity contribution in [2.45, 2.75) is 6.92 Å². The van der Waals surface area contributed by atoms with Crippen molar-refractivity contribution in [2.24, 2.45) is 0 Å². The van der Waals surface area contributed by atoms with E-state index in [2.05, 4.69) is 22.5 Å². The van der Waals surface area contributed by atoms with Crippen molar-refractivity contribution < 1.29 is 9.53 Å². The third kappa shape index (κ3) is 3.60. The van der Waals surface area contributed by atoms with Crippen molar-refractivity contribution in [3.8, 4) is 5.75 Å². The lowest BCUT2D eigenvalue weighted by molar-refractivity contribution is 0.0803. The molecule has 1 rings (SSSR count). The summed E-state index contributed by atoms with van der Waals surface area (Å²) in [7, 11) is 3.30. The van der Waals surface area contributed by atoms with E-state index in [0.29, 0.717) is 17.9 Å². The number of carbonyl (C=O) groups is 1. The maximum atomic E-state index is 12.2. The van der Waals surface area contributed by atoms with Crippen LogP contribution < -0.4 is 4.74 Å². The molecule has 0 aromatic heterocycles. The van der Waals surface area contributed by atoms with Crippen LogP contribution in [0.3, 0.4) is 0 Å². The van der Waals surface area contributed by atoms with Gasteiger partial charge in [0.05, 0.1) is 12.7 Å². The van der Waals surface area contributed by atoms with Crippen molar-refractivity contribution in [1.82, 2.24) is 4.90 Å². The average Bonchev–Trinajstić information content (AvgIpc) is 2.27. The molecule has 0 unspecified atom stereocenters. The highest BCUT2D eigenvalue weighted by molar-refractivity contribution is 9.10. The van der Waals surface area contributed by atoms with E-state index in [-0.39, 0.29) is 5.91 Å². The Morgan fingerprint density at radius 1 is 1.53 bits per heavy atom. The summed E-state index contributed by atoms with van der Waals surface area (Å²) in [6, 6.07) is 5.35. The topological polar surface area (TPSA) is 29.5 Å². The maximum Gasteiger partial charge on any atom is 0.257 e. The Kier molecular flexibility index (Phi) is 4.75. The smallest absolute Gasteiger partial charge is 0.257 e. The molecule has 92 valence electrons. The maximum absolute atomic E-state index is 12.2. The molecule has 1 amide bonds. The van der Waals surface area contributed by atoms with Gasteiger partial charge in [0.25, 0.3) is 5.91 Å². The lowest BCUT2D eigenvalue weighted by Crippen LogP contribution is -2.28. The largest absolute Gasteiger partial charge is 0.496 e. The van der Waals surface area contributed by atoms with Crippen molar-refractivity contribution in [3.63, 3.8) is 0 Å². The first-order chi connectivity index (χ1) is 7.95. The van der Waals surface area contributed by atoms with E-state index in [1.807, 2.05) is 13.0 Å². The summed E-state index contributed by atoms with van der Waals surface area (Å²) in [5.74, 6) is 0.496. The molecule has 1 aromatic carbocycles. The number of amides is 1. The summed E-state index contributed by atoms with van der Waals surface area (Å²) in [4.78, 5) is 13.8. The van der Waals surface area contributed by atoms with E-state index in [1.54, 1.807) is 31.2 Å². The minimum atomic E-state index is -0.0719. The zero-order valence-corrected chi connectivity index (χ0v) is 11.9. The number of methoxy groups -OCH3 is 1. The van der Waals surface area contributed by atoms with Crippen molar-refractivity contribution in [1.29, 1.82) is 0 Å². The second-order valence-corrected chi connectivity index (χ2v) is 4.88. The van der Waals surface area contributed by atoms with Crippen LogP contribution in [0.4, 0.5) is 0 Å². The number of halogens is 1. The Balaban J connectivity index is 2.99. The first kappa shape index (κ1) is 13.8. The minimum Gasteiger partial charge on any atom is -0.496 e. The highest BCUT2D eigenvalue weighted by Crippen LogP contribution is 2.24. The van der Waals surface area contributed by atoms with Crippen LogP contribution >= 0.6 is 15.9 Å². The number of hydrogen-bond donors (Lipinski definition) is 0. The van der Waals surface area contributed by atoms with Crippen LogP contribution in [0.15, 0.2) is 34.8 Å². The summed E-state index contributed by atoms with van der Waals surface area (Å²) in [6.07, 6.45) is 0. The monoisotopic (exact) mass is 297 g/mol. The fourth-order valence-corrected chi connectivity index (χ4v) is 1.86. The molecule has 0 atom stereocenters. The Bertz CT molecular complexity index is 443. The quantitative estimate of drug-likeness (QED) is 0.799. The number of benzene rings is 1. The number of carbonyl (C=O) groups excluding carboxylic acids is 1. The Morgan fingerprint density at radius 3 is 2.71 bits per heavy atom. The molecule has 0 spiro atoms. The molecule has 4 heteroatoms. The first-order valence-corrected chi connectivity index (χ1v) is 5.98. The van der Waals surface area contributed by atoms with Crippen LogP contribution in [0.1, 0.15) is 17.3 Å². The van der Waals surface area contributed by atoms with Gasteiger partial charge in [-0.15, -0.1) is 0 Å². The zero-order chi connectivity index (χ0) is 13.0. The van der Waals surface area contributed by atoms with E-state index in [0.717, 1.165) is 10.0 Å². The standard InChI is InChI=1S/C13H16BrNO2/c1-9(2)8-15(3)13(16)11-6-5-10(14)7-12(11)17-4/h5-7H,1,8H2,2-4H3. The molecule has 0 aliphatic rings. The number of hydrogen-bond acceptors (Lipinski definition) is 2. The van der Waals surface area contributed by atoms with Crippen LogP contribution in [-0.2, 0) is 0 Å². The lowest BCUT2D eigenvalue weighted by atomic mass is 10.1. The van der Waals surface area contributed by atoms with Gasteiger partial charge < -0.3 is 9.64 Å². The summed E-state index contributed by atoms with van der Waals surface area (Å²) in [5.41, 5.74) is 1.50. The summed E-state index contributed by atoms with van der Waals surface area (Å²) >= 11 is 3.34. The second kappa shape index (κ2) is 5.87. The average molecular weight is 298 g/mol. The van der Waals surface area contributed by atoms with Gasteiger partial charge in [-0.05, 0) is 25.1 Å². The number of nitrogens with zero attached hydrogens (tertiary/aromatic N) is 1. The fraction of sp³-hybridized carbons (Fsp3) is 0.308. The van der Waals surface area contributed by atoms with Crippen LogP contribution in [0, 0.1) is 0 Å². The van der Waals surface area contributed by atoms with E-state index in [1.165, 1.54) is 0 Å². The van der Waals surface area contributed by atoms with Gasteiger partial charge >= 0.3 is 0 Å². The molecular weight excluding hydrogens is 282 g/mol. The summed E-state index contributed by atoms with van der Waals surface area (Å²) in [6.45, 7) is 6.23. The first-order valence-electron chi connectivity index (χ1n) is 5.19. The van der Waals surface area contributed by atoms with Crippen molar-refractivity contribution in [3.05, 3.63) is 40.4 Å². The molecule has 0 saturated heterocycles. The van der Waals surface area contributed by atoms with Crippen molar-refractivity contribution >= 4 is 21.8 Å². The second-order valence-electron chi connectivity index (χ2n) is 3.96. The summed E-state index contributed by atoms with van der Waals surface area (Å²) < 4.78 is 6.09. The Hall–Kier alpha value is -1.29. The van der Waals surface area contributed by atoms with Gasteiger partial charge in [-0.3, -0.25) is 4.79 Å². The predicted octanol–water partition coefficient (Wildman–Crippen LogP) is 3.11. The van der Waals surface area contributed by atoms with E-state index >= 15 is 0 Å². The van der Waals surface area contributed by atoms with Gasteiger partial charge in [0.15, 0.2) is 0 Å². The van der Waals surface area contributed by atoms with Crippen LogP contribution in [0.5, 0.6) is 5.75 Å². The third-order valence-corrected chi connectivity index (χ3v) is 2.74. The zero-order valence-electron chi connectivity index (χ0n) is 10.3. The van der Waals surface area contributed by atoms with Gasteiger partial charge in [-0.25, -0.2) is 0 Å². The van der Waals surface area contributed by atoms with Crippen LogP contribution in [0.25, 0.3) is 0 Å². The molecule has 0 heterocycles. The molecule has 0 bridgehead atoms. The van der Waals surface area contributed by atoms with Crippen LogP contribution in [-0.4, -0.2) is 31.5 Å². The molecule has 0 aliphatic carbocycles. The van der Waals surface area contributed by atoms with E-state index in [4.69, 9.17) is 4.74 Å². The van der Waals surface area contributed by atoms with E-state index < -0.39 is 0 Å². The Morgan fingerprint density at radius 2 is 2.18 bits per heavy atom. The molecule has 0 saturated carbocycles. The van der Waals surface area contributed by atoms with Crippen LogP contribution in [0.2, 0.25) is 0 Å². The fourth-order valence-electron chi connectivity index (χ4n) is 1.52. The molecule has 0 aliphatic heterocycles. The van der Waals surface area contributed by atoms with Gasteiger partial charge in [0.1, 0.15) is 5.75 Å². The van der Waals surface area contributed by atoms with Gasteiger partial charge in [-0.2, -0.15) is 0 Å². The minimum absolute atomic E-state index is 0.0719. The molecular formula is C13H16BrNO2. The number of ether oxygens (including phenoxy) is 1. The molecule has 0 N–H and O–H groups in total. The SMILES string of the molecule is C=C(C)CN(C)C(=O)c1ccc(Br)cc1OC. The third-order valence-electron chi connectivity index (χ3n) is 2.25. The number of rotatable bonds is 4. The molecule has 3 nitrogen and oxygen atoms in total. The lowest BCUT2D eigenvalue weighted by Gasteiger charge is -2.18. The van der Waals surface area contributed by atoms with Gasteiger partial charge in [-0.1, -0.05) is 28.1 Å². The number of likely N-dealkylation sites (N-methyl/N-ethyl adjacent to an activating group) is 1. The summed E-state index contributed by atoms with van der Waals surface area (Å²) in [5, 5.41) is 0. The van der Waals surface area contributed by atoms with E-state index in [9.17, 15) is 4.79 Å². The highest BCUT2D eigenvalue weighted by Gasteiger charge is 2.16. The molecule has 17 heavy (non-hydrogen) atoms. The highest BCUT2D eigenvalue weighted by atomic mass is 79.9. The molecule has 0 radical (unpaired) electrons. The molecule has 1 aromatic rings. The van der Waals surface area contributed by atoms with Gasteiger partial charge in [0, 0.05) is 18.1 Å². The predicted molar refractivity (Wildman–Crippen MR) is 72.5 cm³/mol. The van der Waals surface area contributed by atoms with Crippen molar-refractivity contribution in [2.75, 3.05) is 20.7 Å².